The number of aliphatic hydroxyl groups is 1. The van der Waals surface area contributed by atoms with Crippen LogP contribution in [0.1, 0.15) is 45.4 Å². The van der Waals surface area contributed by atoms with E-state index in [0.717, 1.165) is 23.8 Å². The zero-order chi connectivity index (χ0) is 13.7. The lowest BCUT2D eigenvalue weighted by molar-refractivity contribution is -0.423. The molecule has 2 aliphatic rings. The standard InChI is InChI=1S/C16H27NOS/c1-2-5-13-10-12(8-9-15(13)18)11-19-16-7-4-3-6-14(16)17/h8-10,13-16,18H,2-7,11,17H2,1H3/p+1. The Kier molecular flexibility index (Phi) is 5.99. The predicted octanol–water partition coefficient (Wildman–Crippen LogP) is 2.55. The smallest absolute Gasteiger partial charge is 0.0963 e. The molecule has 1 fully saturated rings. The molecule has 0 bridgehead atoms. The highest BCUT2D eigenvalue weighted by atomic mass is 32.2. The van der Waals surface area contributed by atoms with E-state index < -0.39 is 0 Å². The monoisotopic (exact) mass is 282 g/mol. The maximum absolute atomic E-state index is 9.93. The predicted molar refractivity (Wildman–Crippen MR) is 83.0 cm³/mol. The minimum absolute atomic E-state index is 0.274. The van der Waals surface area contributed by atoms with Gasteiger partial charge in [-0.2, -0.15) is 0 Å². The van der Waals surface area contributed by atoms with E-state index in [4.69, 9.17) is 0 Å². The van der Waals surface area contributed by atoms with Crippen LogP contribution in [0, 0.1) is 5.92 Å². The molecule has 0 radical (unpaired) electrons. The lowest BCUT2D eigenvalue weighted by Crippen LogP contribution is -2.66. The van der Waals surface area contributed by atoms with Crippen LogP contribution >= 0.6 is 11.8 Å². The second-order valence-corrected chi connectivity index (χ2v) is 7.17. The van der Waals surface area contributed by atoms with Crippen molar-refractivity contribution in [1.82, 2.24) is 0 Å². The summed E-state index contributed by atoms with van der Waals surface area (Å²) in [6.07, 6.45) is 13.7. The van der Waals surface area contributed by atoms with Gasteiger partial charge in [0.15, 0.2) is 0 Å². The van der Waals surface area contributed by atoms with Crippen LogP contribution in [0.2, 0.25) is 0 Å². The molecular formula is C16H28NOS+. The summed E-state index contributed by atoms with van der Waals surface area (Å²) in [7, 11) is 0. The van der Waals surface area contributed by atoms with Crippen LogP contribution in [0.25, 0.3) is 0 Å². The van der Waals surface area contributed by atoms with Gasteiger partial charge in [-0.15, -0.1) is 11.8 Å². The Hall–Kier alpha value is -0.250. The molecule has 0 spiro atoms. The van der Waals surface area contributed by atoms with Crippen molar-refractivity contribution in [3.63, 3.8) is 0 Å². The van der Waals surface area contributed by atoms with Gasteiger partial charge in [-0.1, -0.05) is 38.0 Å². The Morgan fingerprint density at radius 1 is 1.37 bits per heavy atom. The summed E-state index contributed by atoms with van der Waals surface area (Å²) in [5.74, 6) is 1.41. The van der Waals surface area contributed by atoms with Crippen LogP contribution in [0.5, 0.6) is 0 Å². The molecule has 0 aliphatic heterocycles. The Morgan fingerprint density at radius 2 is 2.16 bits per heavy atom. The molecule has 19 heavy (non-hydrogen) atoms. The van der Waals surface area contributed by atoms with E-state index in [-0.39, 0.29) is 6.10 Å². The maximum Gasteiger partial charge on any atom is 0.0963 e. The van der Waals surface area contributed by atoms with Gasteiger partial charge < -0.3 is 10.8 Å². The first-order chi connectivity index (χ1) is 9.20. The van der Waals surface area contributed by atoms with Crippen LogP contribution in [0.15, 0.2) is 23.8 Å². The van der Waals surface area contributed by atoms with Crippen LogP contribution in [0.3, 0.4) is 0 Å². The van der Waals surface area contributed by atoms with Crippen molar-refractivity contribution in [1.29, 1.82) is 0 Å². The lowest BCUT2D eigenvalue weighted by Gasteiger charge is -2.26. The van der Waals surface area contributed by atoms with E-state index in [1.807, 2.05) is 6.08 Å². The van der Waals surface area contributed by atoms with E-state index >= 15 is 0 Å². The molecule has 4 unspecified atom stereocenters. The second-order valence-electron chi connectivity index (χ2n) is 5.94. The van der Waals surface area contributed by atoms with Gasteiger partial charge in [-0.25, -0.2) is 0 Å². The van der Waals surface area contributed by atoms with Gasteiger partial charge in [0.2, 0.25) is 0 Å². The third-order valence-corrected chi connectivity index (χ3v) is 5.85. The van der Waals surface area contributed by atoms with Crippen LogP contribution < -0.4 is 5.73 Å². The molecule has 1 saturated carbocycles. The lowest BCUT2D eigenvalue weighted by atomic mass is 9.90. The van der Waals surface area contributed by atoms with Crippen molar-refractivity contribution in [3.8, 4) is 0 Å². The number of aliphatic hydroxyl groups excluding tert-OH is 1. The molecule has 0 aromatic carbocycles. The largest absolute Gasteiger partial charge is 0.388 e. The third-order valence-electron chi connectivity index (χ3n) is 4.30. The number of quaternary nitrogens is 1. The van der Waals surface area contributed by atoms with Crippen LogP contribution in [-0.2, 0) is 0 Å². The molecule has 108 valence electrons. The van der Waals surface area contributed by atoms with Gasteiger partial charge >= 0.3 is 0 Å². The molecule has 0 saturated heterocycles. The first-order valence-electron chi connectivity index (χ1n) is 7.72. The van der Waals surface area contributed by atoms with Crippen molar-refractivity contribution >= 4 is 11.8 Å². The minimum Gasteiger partial charge on any atom is -0.388 e. The molecule has 4 N–H and O–H groups in total. The van der Waals surface area contributed by atoms with Crippen molar-refractivity contribution in [2.45, 2.75) is 62.8 Å². The molecular weight excluding hydrogens is 254 g/mol. The Labute approximate surface area is 121 Å². The summed E-state index contributed by atoms with van der Waals surface area (Å²) in [6.45, 7) is 2.18. The van der Waals surface area contributed by atoms with Crippen molar-refractivity contribution in [2.75, 3.05) is 5.75 Å². The van der Waals surface area contributed by atoms with Gasteiger partial charge in [-0.05, 0) is 24.8 Å². The van der Waals surface area contributed by atoms with Crippen molar-refractivity contribution in [2.24, 2.45) is 5.92 Å². The molecule has 2 rings (SSSR count). The zero-order valence-corrected chi connectivity index (χ0v) is 12.9. The highest BCUT2D eigenvalue weighted by Crippen LogP contribution is 2.30. The van der Waals surface area contributed by atoms with E-state index in [2.05, 4.69) is 36.6 Å². The van der Waals surface area contributed by atoms with Crippen LogP contribution in [0.4, 0.5) is 0 Å². The number of hydrogen-bond acceptors (Lipinski definition) is 2. The number of hydrogen-bond donors (Lipinski definition) is 2. The summed E-state index contributed by atoms with van der Waals surface area (Å²) in [4.78, 5) is 0. The van der Waals surface area contributed by atoms with Gasteiger partial charge in [0.05, 0.1) is 17.4 Å². The number of thioether (sulfide) groups is 1. The van der Waals surface area contributed by atoms with Gasteiger partial charge in [-0.3, -0.25) is 0 Å². The topological polar surface area (TPSA) is 47.9 Å². The molecule has 2 aliphatic carbocycles. The average molecular weight is 282 g/mol. The third kappa shape index (κ3) is 4.37. The highest BCUT2D eigenvalue weighted by molar-refractivity contribution is 8.00. The summed E-state index contributed by atoms with van der Waals surface area (Å²) < 4.78 is 0. The normalized spacial score (nSPS) is 35.2. The molecule has 2 nitrogen and oxygen atoms in total. The van der Waals surface area contributed by atoms with E-state index in [1.54, 1.807) is 0 Å². The summed E-state index contributed by atoms with van der Waals surface area (Å²) in [6, 6.07) is 0.629. The Bertz CT molecular complexity index is 340. The fourth-order valence-electron chi connectivity index (χ4n) is 3.07. The van der Waals surface area contributed by atoms with E-state index in [0.29, 0.717) is 12.0 Å². The maximum atomic E-state index is 9.93. The molecule has 3 heteroatoms. The second kappa shape index (κ2) is 7.51. The molecule has 4 atom stereocenters. The van der Waals surface area contributed by atoms with Crippen LogP contribution in [-0.4, -0.2) is 28.3 Å². The fraction of sp³-hybridized carbons (Fsp3) is 0.750. The molecule has 0 aromatic rings. The van der Waals surface area contributed by atoms with Gasteiger partial charge in [0.25, 0.3) is 0 Å². The zero-order valence-electron chi connectivity index (χ0n) is 12.1. The van der Waals surface area contributed by atoms with Gasteiger partial charge in [0.1, 0.15) is 0 Å². The van der Waals surface area contributed by atoms with E-state index in [1.165, 1.54) is 31.3 Å². The van der Waals surface area contributed by atoms with Crippen molar-refractivity contribution in [3.05, 3.63) is 23.8 Å². The first-order valence-corrected chi connectivity index (χ1v) is 8.77. The first kappa shape index (κ1) is 15.1. The van der Waals surface area contributed by atoms with Gasteiger partial charge in [0, 0.05) is 18.1 Å². The van der Waals surface area contributed by atoms with E-state index in [9.17, 15) is 5.11 Å². The fourth-order valence-corrected chi connectivity index (χ4v) is 4.41. The summed E-state index contributed by atoms with van der Waals surface area (Å²) >= 11 is 2.07. The quantitative estimate of drug-likeness (QED) is 0.814. The van der Waals surface area contributed by atoms with Crippen molar-refractivity contribution < 1.29 is 10.8 Å². The summed E-state index contributed by atoms with van der Waals surface area (Å²) in [5, 5.41) is 10.7. The average Bonchev–Trinajstić information content (AvgIpc) is 2.41. The molecule has 0 aromatic heterocycles. The Balaban J connectivity index is 1.84. The molecule has 0 heterocycles. The number of allylic oxidation sites excluding steroid dienone is 1. The highest BCUT2D eigenvalue weighted by Gasteiger charge is 2.25. The summed E-state index contributed by atoms with van der Waals surface area (Å²) in [5.41, 5.74) is 5.70. The Morgan fingerprint density at radius 3 is 2.89 bits per heavy atom. The minimum atomic E-state index is -0.274. The SMILES string of the molecule is CCCC1C=C(CSC2CCCCC2[NH3+])C=CC1O. The molecule has 0 amide bonds. The number of rotatable bonds is 5.